The number of nitrogen functional groups attached to an aromatic ring is 1. The highest BCUT2D eigenvalue weighted by Gasteiger charge is 2.22. The number of aromatic nitrogens is 4. The molecule has 0 atom stereocenters. The zero-order valence-electron chi connectivity index (χ0n) is 19.8. The molecule has 3 heterocycles. The van der Waals surface area contributed by atoms with Crippen molar-refractivity contribution in [3.63, 3.8) is 0 Å². The second kappa shape index (κ2) is 10.5. The monoisotopic (exact) mass is 585 g/mol. The van der Waals surface area contributed by atoms with Crippen LogP contribution < -0.4 is 15.8 Å². The molecular formula is C25H18Cl2FN7O3S. The quantitative estimate of drug-likeness (QED) is 0.254. The lowest BCUT2D eigenvalue weighted by molar-refractivity contribution is 0.0952. The van der Waals surface area contributed by atoms with Crippen molar-refractivity contribution >= 4 is 56.3 Å². The van der Waals surface area contributed by atoms with E-state index in [9.17, 15) is 13.2 Å². The van der Waals surface area contributed by atoms with Gasteiger partial charge in [-0.05, 0) is 48.0 Å². The van der Waals surface area contributed by atoms with Crippen molar-refractivity contribution in [3.8, 4) is 11.1 Å². The van der Waals surface area contributed by atoms with Gasteiger partial charge in [-0.25, -0.2) is 17.8 Å². The van der Waals surface area contributed by atoms with Gasteiger partial charge in [0.1, 0.15) is 22.1 Å². The van der Waals surface area contributed by atoms with Gasteiger partial charge in [0, 0.05) is 36.3 Å². The third-order valence-corrected chi connectivity index (χ3v) is 8.08. The third-order valence-electron chi connectivity index (χ3n) is 5.73. The minimum Gasteiger partial charge on any atom is -0.383 e. The molecule has 5 aromatic rings. The van der Waals surface area contributed by atoms with Crippen molar-refractivity contribution in [2.24, 2.45) is 0 Å². The number of fused-ring (bicyclic) bond motifs is 1. The van der Waals surface area contributed by atoms with Crippen LogP contribution in [0.5, 0.6) is 0 Å². The van der Waals surface area contributed by atoms with Crippen molar-refractivity contribution < 1.29 is 17.6 Å². The molecule has 0 radical (unpaired) electrons. The second-order valence-electron chi connectivity index (χ2n) is 8.24. The number of sulfonamides is 1. The number of rotatable bonds is 7. The molecule has 0 aliphatic rings. The van der Waals surface area contributed by atoms with Crippen LogP contribution in [0.15, 0.2) is 78.2 Å². The number of pyridine rings is 1. The summed E-state index contributed by atoms with van der Waals surface area (Å²) < 4.78 is 44.2. The van der Waals surface area contributed by atoms with E-state index in [2.05, 4.69) is 25.1 Å². The molecule has 3 aromatic heterocycles. The molecule has 0 unspecified atom stereocenters. The average Bonchev–Trinajstić information content (AvgIpc) is 3.35. The highest BCUT2D eigenvalue weighted by atomic mass is 35.5. The summed E-state index contributed by atoms with van der Waals surface area (Å²) in [5.74, 6) is -1.15. The smallest absolute Gasteiger partial charge is 0.263 e. The summed E-state index contributed by atoms with van der Waals surface area (Å²) in [6, 6.07) is 11.4. The van der Waals surface area contributed by atoms with E-state index in [1.54, 1.807) is 24.5 Å². The average molecular weight is 586 g/mol. The molecular weight excluding hydrogens is 568 g/mol. The van der Waals surface area contributed by atoms with E-state index >= 15 is 4.39 Å². The number of nitrogens with zero attached hydrogens (tertiary/aromatic N) is 4. The van der Waals surface area contributed by atoms with Crippen LogP contribution in [-0.4, -0.2) is 33.9 Å². The van der Waals surface area contributed by atoms with Crippen LogP contribution in [0.2, 0.25) is 10.0 Å². The number of anilines is 2. The first-order valence-electron chi connectivity index (χ1n) is 11.2. The number of halogens is 3. The largest absolute Gasteiger partial charge is 0.383 e. The van der Waals surface area contributed by atoms with Gasteiger partial charge in [-0.1, -0.05) is 29.3 Å². The standard InChI is InChI=1S/C25H18Cl2FN7O3S/c26-19-2-1-3-21(22(19)27)39(37,38)34-15-4-5-16(20(28)10-15)17-12-31-24-18(13-33-35(24)23(17)29)25(36)32-11-14-6-8-30-9-7-14/h1-10,12-13,34H,11,29H2,(H,32,36). The normalized spacial score (nSPS) is 11.5. The maximum Gasteiger partial charge on any atom is 0.263 e. The summed E-state index contributed by atoms with van der Waals surface area (Å²) in [7, 11) is -4.15. The Hall–Kier alpha value is -4.26. The third kappa shape index (κ3) is 5.21. The molecule has 5 rings (SSSR count). The molecule has 1 amide bonds. The van der Waals surface area contributed by atoms with Gasteiger partial charge in [0.2, 0.25) is 0 Å². The SMILES string of the molecule is Nc1c(-c2ccc(NS(=O)(=O)c3cccc(Cl)c3Cl)cc2F)cnc2c(C(=O)NCc3ccncc3)cnn12. The molecule has 0 saturated heterocycles. The highest BCUT2D eigenvalue weighted by molar-refractivity contribution is 7.92. The van der Waals surface area contributed by atoms with Gasteiger partial charge < -0.3 is 11.1 Å². The van der Waals surface area contributed by atoms with Crippen LogP contribution in [0.3, 0.4) is 0 Å². The summed E-state index contributed by atoms with van der Waals surface area (Å²) in [6.07, 6.45) is 5.88. The predicted octanol–water partition coefficient (Wildman–Crippen LogP) is 4.55. The van der Waals surface area contributed by atoms with E-state index in [1.807, 2.05) is 0 Å². The van der Waals surface area contributed by atoms with Crippen molar-refractivity contribution in [1.82, 2.24) is 24.9 Å². The lowest BCUT2D eigenvalue weighted by atomic mass is 10.1. The topological polar surface area (TPSA) is 144 Å². The first-order valence-corrected chi connectivity index (χ1v) is 13.5. The fourth-order valence-corrected chi connectivity index (χ4v) is 5.61. The number of hydrogen-bond acceptors (Lipinski definition) is 7. The van der Waals surface area contributed by atoms with E-state index in [4.69, 9.17) is 28.9 Å². The summed E-state index contributed by atoms with van der Waals surface area (Å²) >= 11 is 12.0. The summed E-state index contributed by atoms with van der Waals surface area (Å²) in [4.78, 5) is 20.7. The molecule has 10 nitrogen and oxygen atoms in total. The molecule has 4 N–H and O–H groups in total. The molecule has 0 aliphatic heterocycles. The fourth-order valence-electron chi connectivity index (χ4n) is 3.79. The van der Waals surface area contributed by atoms with Crippen LogP contribution in [-0.2, 0) is 16.6 Å². The molecule has 0 fully saturated rings. The van der Waals surface area contributed by atoms with E-state index in [-0.39, 0.29) is 55.3 Å². The molecule has 0 saturated carbocycles. The van der Waals surface area contributed by atoms with Gasteiger partial charge in [-0.15, -0.1) is 0 Å². The number of amides is 1. The summed E-state index contributed by atoms with van der Waals surface area (Å²) in [5, 5.41) is 6.84. The summed E-state index contributed by atoms with van der Waals surface area (Å²) in [6.45, 7) is 0.275. The van der Waals surface area contributed by atoms with E-state index in [0.29, 0.717) is 0 Å². The number of nitrogens with one attached hydrogen (secondary N) is 2. The van der Waals surface area contributed by atoms with Gasteiger partial charge in [-0.2, -0.15) is 9.61 Å². The number of benzene rings is 2. The Balaban J connectivity index is 1.40. The van der Waals surface area contributed by atoms with Gasteiger partial charge in [0.15, 0.2) is 5.65 Å². The molecule has 198 valence electrons. The highest BCUT2D eigenvalue weighted by Crippen LogP contribution is 2.33. The Kier molecular flexibility index (Phi) is 7.08. The number of nitrogens with two attached hydrogens (primary N) is 1. The number of hydrogen-bond donors (Lipinski definition) is 3. The predicted molar refractivity (Wildman–Crippen MR) is 145 cm³/mol. The minimum absolute atomic E-state index is 0.0334. The van der Waals surface area contributed by atoms with Crippen molar-refractivity contribution in [2.75, 3.05) is 10.5 Å². The van der Waals surface area contributed by atoms with Gasteiger partial charge in [-0.3, -0.25) is 14.5 Å². The second-order valence-corrected chi connectivity index (χ2v) is 10.7. The van der Waals surface area contributed by atoms with Crippen molar-refractivity contribution in [1.29, 1.82) is 0 Å². The number of carbonyl (C=O) groups excluding carboxylic acids is 1. The van der Waals surface area contributed by atoms with Crippen LogP contribution >= 0.6 is 23.2 Å². The fraction of sp³-hybridized carbons (Fsp3) is 0.0400. The molecule has 39 heavy (non-hydrogen) atoms. The number of carbonyl (C=O) groups is 1. The first kappa shape index (κ1) is 26.4. The maximum absolute atomic E-state index is 15.2. The van der Waals surface area contributed by atoms with Crippen molar-refractivity contribution in [2.45, 2.75) is 11.4 Å². The lowest BCUT2D eigenvalue weighted by Crippen LogP contribution is -2.22. The maximum atomic E-state index is 15.2. The molecule has 0 spiro atoms. The van der Waals surface area contributed by atoms with E-state index in [1.165, 1.54) is 47.2 Å². The molecule has 2 aromatic carbocycles. The lowest BCUT2D eigenvalue weighted by Gasteiger charge is -2.12. The Labute approximate surface area is 231 Å². The van der Waals surface area contributed by atoms with E-state index in [0.717, 1.165) is 11.6 Å². The van der Waals surface area contributed by atoms with Crippen LogP contribution in [0, 0.1) is 5.82 Å². The molecule has 0 bridgehead atoms. The van der Waals surface area contributed by atoms with Gasteiger partial charge in [0.25, 0.3) is 15.9 Å². The Bertz CT molecular complexity index is 1830. The Morgan fingerprint density at radius 1 is 1.05 bits per heavy atom. The first-order chi connectivity index (χ1) is 18.7. The Morgan fingerprint density at radius 3 is 2.56 bits per heavy atom. The van der Waals surface area contributed by atoms with Crippen LogP contribution in [0.1, 0.15) is 15.9 Å². The molecule has 14 heteroatoms. The summed E-state index contributed by atoms with van der Waals surface area (Å²) in [5.41, 5.74) is 7.69. The van der Waals surface area contributed by atoms with Crippen molar-refractivity contribution in [3.05, 3.63) is 100 Å². The zero-order chi connectivity index (χ0) is 27.7. The van der Waals surface area contributed by atoms with Gasteiger partial charge >= 0.3 is 0 Å². The minimum atomic E-state index is -4.15. The van der Waals surface area contributed by atoms with E-state index < -0.39 is 21.7 Å². The van der Waals surface area contributed by atoms with Crippen LogP contribution in [0.25, 0.3) is 16.8 Å². The molecule has 0 aliphatic carbocycles. The van der Waals surface area contributed by atoms with Gasteiger partial charge in [0.05, 0.1) is 21.9 Å². The van der Waals surface area contributed by atoms with Crippen LogP contribution in [0.4, 0.5) is 15.9 Å². The Morgan fingerprint density at radius 2 is 1.82 bits per heavy atom. The zero-order valence-corrected chi connectivity index (χ0v) is 22.1.